The first kappa shape index (κ1) is 12.4. The van der Waals surface area contributed by atoms with Crippen molar-refractivity contribution in [2.45, 2.75) is 6.54 Å². The van der Waals surface area contributed by atoms with E-state index in [9.17, 15) is 10.1 Å². The monoisotopic (exact) mass is 308 g/mol. The van der Waals surface area contributed by atoms with Gasteiger partial charge in [0.05, 0.1) is 9.40 Å². The van der Waals surface area contributed by atoms with Gasteiger partial charge in [0.1, 0.15) is 12.1 Å². The van der Waals surface area contributed by atoms with E-state index in [4.69, 9.17) is 0 Å². The first-order valence-electron chi connectivity index (χ1n) is 5.09. The highest BCUT2D eigenvalue weighted by molar-refractivity contribution is 9.10. The Bertz CT molecular complexity index is 559. The van der Waals surface area contributed by atoms with Gasteiger partial charge in [-0.05, 0) is 21.5 Å². The van der Waals surface area contributed by atoms with E-state index >= 15 is 0 Å². The standard InChI is InChI=1S/C11H9BrN4O2/c12-10-6-13-7-15-11(10)14-5-8-1-3-9(4-2-8)16(17)18/h1-4,6-7H,5H2,(H,13,14,15). The quantitative estimate of drug-likeness (QED) is 0.694. The van der Waals surface area contributed by atoms with Crippen LogP contribution in [0.5, 0.6) is 0 Å². The average molecular weight is 309 g/mol. The van der Waals surface area contributed by atoms with Crippen LogP contribution in [0, 0.1) is 10.1 Å². The Morgan fingerprint density at radius 2 is 2.06 bits per heavy atom. The van der Waals surface area contributed by atoms with E-state index in [0.717, 1.165) is 10.0 Å². The van der Waals surface area contributed by atoms with E-state index in [1.54, 1.807) is 18.3 Å². The Hall–Kier alpha value is -2.02. The molecule has 0 fully saturated rings. The lowest BCUT2D eigenvalue weighted by atomic mass is 10.2. The fourth-order valence-electron chi connectivity index (χ4n) is 1.36. The minimum Gasteiger partial charge on any atom is -0.365 e. The van der Waals surface area contributed by atoms with Gasteiger partial charge in [0.25, 0.3) is 5.69 Å². The maximum atomic E-state index is 10.5. The first-order valence-corrected chi connectivity index (χ1v) is 5.89. The van der Waals surface area contributed by atoms with Crippen LogP contribution in [0.15, 0.2) is 41.3 Å². The molecular formula is C11H9BrN4O2. The molecule has 0 unspecified atom stereocenters. The van der Waals surface area contributed by atoms with Crippen molar-refractivity contribution in [2.24, 2.45) is 0 Å². The van der Waals surface area contributed by atoms with Gasteiger partial charge in [-0.1, -0.05) is 12.1 Å². The van der Waals surface area contributed by atoms with Gasteiger partial charge in [-0.15, -0.1) is 0 Å². The molecule has 0 aliphatic rings. The van der Waals surface area contributed by atoms with E-state index in [1.165, 1.54) is 18.5 Å². The molecule has 0 spiro atoms. The molecule has 7 heteroatoms. The Balaban J connectivity index is 2.02. The summed E-state index contributed by atoms with van der Waals surface area (Å²) in [5.74, 6) is 0.684. The normalized spacial score (nSPS) is 10.1. The van der Waals surface area contributed by atoms with Gasteiger partial charge in [0.15, 0.2) is 0 Å². The molecule has 0 aliphatic carbocycles. The molecule has 0 aliphatic heterocycles. The zero-order valence-electron chi connectivity index (χ0n) is 9.21. The summed E-state index contributed by atoms with van der Waals surface area (Å²) in [6, 6.07) is 6.37. The number of aromatic nitrogens is 2. The van der Waals surface area contributed by atoms with E-state index in [-0.39, 0.29) is 5.69 Å². The molecule has 2 aromatic rings. The Kier molecular flexibility index (Phi) is 3.83. The third kappa shape index (κ3) is 3.01. The minimum atomic E-state index is -0.418. The van der Waals surface area contributed by atoms with Gasteiger partial charge in [-0.2, -0.15) is 0 Å². The second kappa shape index (κ2) is 5.54. The molecule has 1 aromatic heterocycles. The Labute approximate surface area is 111 Å². The van der Waals surface area contributed by atoms with Crippen molar-refractivity contribution < 1.29 is 4.92 Å². The summed E-state index contributed by atoms with van der Waals surface area (Å²) in [4.78, 5) is 18.0. The van der Waals surface area contributed by atoms with Crippen LogP contribution in [-0.4, -0.2) is 14.9 Å². The van der Waals surface area contributed by atoms with Gasteiger partial charge in [0.2, 0.25) is 0 Å². The lowest BCUT2D eigenvalue weighted by molar-refractivity contribution is -0.384. The minimum absolute atomic E-state index is 0.0852. The summed E-state index contributed by atoms with van der Waals surface area (Å²) in [6.45, 7) is 0.535. The SMILES string of the molecule is O=[N+]([O-])c1ccc(CNc2ncncc2Br)cc1. The molecule has 1 heterocycles. The molecule has 0 bridgehead atoms. The van der Waals surface area contributed by atoms with Gasteiger partial charge in [0, 0.05) is 24.9 Å². The summed E-state index contributed by atoms with van der Waals surface area (Å²) in [5.41, 5.74) is 1.02. The van der Waals surface area contributed by atoms with Crippen LogP contribution in [0.4, 0.5) is 11.5 Å². The summed E-state index contributed by atoms with van der Waals surface area (Å²) in [6.07, 6.45) is 3.09. The van der Waals surface area contributed by atoms with E-state index in [1.807, 2.05) is 0 Å². The van der Waals surface area contributed by atoms with Gasteiger partial charge < -0.3 is 5.32 Å². The molecular weight excluding hydrogens is 300 g/mol. The number of nitrogens with one attached hydrogen (secondary N) is 1. The molecule has 0 amide bonds. The highest BCUT2D eigenvalue weighted by Crippen LogP contribution is 2.18. The summed E-state index contributed by atoms with van der Waals surface area (Å²) < 4.78 is 0.770. The number of hydrogen-bond acceptors (Lipinski definition) is 5. The van der Waals surface area contributed by atoms with Crippen LogP contribution < -0.4 is 5.32 Å². The molecule has 2 rings (SSSR count). The molecule has 1 aromatic carbocycles. The second-order valence-electron chi connectivity index (χ2n) is 3.50. The molecule has 0 atom stereocenters. The van der Waals surface area contributed by atoms with Crippen molar-refractivity contribution in [3.63, 3.8) is 0 Å². The summed E-state index contributed by atoms with van der Waals surface area (Å²) in [5, 5.41) is 13.6. The number of hydrogen-bond donors (Lipinski definition) is 1. The Morgan fingerprint density at radius 3 is 2.67 bits per heavy atom. The average Bonchev–Trinajstić information content (AvgIpc) is 2.38. The lowest BCUT2D eigenvalue weighted by Gasteiger charge is -2.06. The predicted octanol–water partition coefficient (Wildman–Crippen LogP) is 2.76. The number of halogens is 1. The molecule has 18 heavy (non-hydrogen) atoms. The van der Waals surface area contributed by atoms with Crippen molar-refractivity contribution in [1.29, 1.82) is 0 Å². The number of rotatable bonds is 4. The van der Waals surface area contributed by atoms with Crippen LogP contribution in [0.2, 0.25) is 0 Å². The lowest BCUT2D eigenvalue weighted by Crippen LogP contribution is -2.02. The highest BCUT2D eigenvalue weighted by atomic mass is 79.9. The second-order valence-corrected chi connectivity index (χ2v) is 4.35. The summed E-state index contributed by atoms with van der Waals surface area (Å²) >= 11 is 3.32. The topological polar surface area (TPSA) is 81.0 Å². The number of benzene rings is 1. The van der Waals surface area contributed by atoms with Gasteiger partial charge in [-0.25, -0.2) is 9.97 Å². The van der Waals surface area contributed by atoms with Crippen LogP contribution in [0.3, 0.4) is 0 Å². The fraction of sp³-hybridized carbons (Fsp3) is 0.0909. The van der Waals surface area contributed by atoms with E-state index in [0.29, 0.717) is 12.4 Å². The fourth-order valence-corrected chi connectivity index (χ4v) is 1.72. The van der Waals surface area contributed by atoms with Crippen molar-refractivity contribution in [1.82, 2.24) is 9.97 Å². The maximum absolute atomic E-state index is 10.5. The van der Waals surface area contributed by atoms with Crippen LogP contribution >= 0.6 is 15.9 Å². The number of nitro benzene ring substituents is 1. The van der Waals surface area contributed by atoms with Gasteiger partial charge in [-0.3, -0.25) is 10.1 Å². The largest absolute Gasteiger partial charge is 0.365 e. The van der Waals surface area contributed by atoms with Crippen molar-refractivity contribution in [2.75, 3.05) is 5.32 Å². The maximum Gasteiger partial charge on any atom is 0.269 e. The van der Waals surface area contributed by atoms with Crippen molar-refractivity contribution in [3.05, 3.63) is 56.9 Å². The highest BCUT2D eigenvalue weighted by Gasteiger charge is 2.04. The van der Waals surface area contributed by atoms with Crippen LogP contribution in [0.1, 0.15) is 5.56 Å². The van der Waals surface area contributed by atoms with Crippen molar-refractivity contribution >= 4 is 27.4 Å². The van der Waals surface area contributed by atoms with Crippen LogP contribution in [-0.2, 0) is 6.54 Å². The number of nitro groups is 1. The Morgan fingerprint density at radius 1 is 1.33 bits per heavy atom. The molecule has 0 saturated heterocycles. The zero-order valence-corrected chi connectivity index (χ0v) is 10.8. The molecule has 92 valence electrons. The number of non-ortho nitro benzene ring substituents is 1. The first-order chi connectivity index (χ1) is 8.66. The predicted molar refractivity (Wildman–Crippen MR) is 70.2 cm³/mol. The number of anilines is 1. The smallest absolute Gasteiger partial charge is 0.269 e. The van der Waals surface area contributed by atoms with Crippen molar-refractivity contribution in [3.8, 4) is 0 Å². The molecule has 0 saturated carbocycles. The third-order valence-electron chi connectivity index (χ3n) is 2.27. The van der Waals surface area contributed by atoms with E-state index < -0.39 is 4.92 Å². The molecule has 0 radical (unpaired) electrons. The zero-order chi connectivity index (χ0) is 13.0. The molecule has 1 N–H and O–H groups in total. The van der Waals surface area contributed by atoms with Crippen LogP contribution in [0.25, 0.3) is 0 Å². The molecule has 6 nitrogen and oxygen atoms in total. The summed E-state index contributed by atoms with van der Waals surface area (Å²) in [7, 11) is 0. The number of nitrogens with zero attached hydrogens (tertiary/aromatic N) is 3. The van der Waals surface area contributed by atoms with E-state index in [2.05, 4.69) is 31.2 Å². The third-order valence-corrected chi connectivity index (χ3v) is 2.86. The van der Waals surface area contributed by atoms with Gasteiger partial charge >= 0.3 is 0 Å².